The molecular formula is C21H32N4O5S. The summed E-state index contributed by atoms with van der Waals surface area (Å²) in [5.41, 5.74) is 6.25. The number of carbonyl (C=O) groups excluding carboxylic acids is 1. The van der Waals surface area contributed by atoms with E-state index >= 15 is 0 Å². The number of aromatic nitrogens is 1. The molecule has 3 aliphatic heterocycles. The highest BCUT2D eigenvalue weighted by molar-refractivity contribution is 7.89. The Bertz CT molecular complexity index is 893. The van der Waals surface area contributed by atoms with Gasteiger partial charge in [-0.3, -0.25) is 4.79 Å². The van der Waals surface area contributed by atoms with Gasteiger partial charge in [0.2, 0.25) is 10.0 Å². The molecule has 9 nitrogen and oxygen atoms in total. The minimum absolute atomic E-state index is 0.0279. The van der Waals surface area contributed by atoms with E-state index < -0.39 is 10.0 Å². The Labute approximate surface area is 183 Å². The van der Waals surface area contributed by atoms with Gasteiger partial charge in [0.25, 0.3) is 5.91 Å². The van der Waals surface area contributed by atoms with Crippen molar-refractivity contribution in [2.24, 2.45) is 11.7 Å². The van der Waals surface area contributed by atoms with E-state index in [0.717, 1.165) is 38.5 Å². The summed E-state index contributed by atoms with van der Waals surface area (Å²) in [7, 11) is -3.30. The van der Waals surface area contributed by atoms with Gasteiger partial charge in [0.1, 0.15) is 5.76 Å². The molecule has 1 aliphatic carbocycles. The third kappa shape index (κ3) is 4.40. The fraction of sp³-hybridized carbons (Fsp3) is 0.810. The SMILES string of the molecule is NC1CCC(CS(=O)(=O)N2[C@@H]3CC[C@H]2CC(NC(=O)c2cc(C4COC4)on2)C3)CC1. The lowest BCUT2D eigenvalue weighted by Crippen LogP contribution is -2.53. The fourth-order valence-electron chi connectivity index (χ4n) is 5.69. The molecule has 4 fully saturated rings. The first kappa shape index (κ1) is 21.4. The molecule has 3 saturated heterocycles. The van der Waals surface area contributed by atoms with Crippen molar-refractivity contribution in [3.05, 3.63) is 17.5 Å². The molecule has 1 amide bonds. The summed E-state index contributed by atoms with van der Waals surface area (Å²) in [5.74, 6) is 1.05. The van der Waals surface area contributed by atoms with Crippen LogP contribution in [-0.2, 0) is 14.8 Å². The van der Waals surface area contributed by atoms with Crippen molar-refractivity contribution >= 4 is 15.9 Å². The van der Waals surface area contributed by atoms with Gasteiger partial charge in [0.05, 0.1) is 24.9 Å². The summed E-state index contributed by atoms with van der Waals surface area (Å²) in [6.07, 6.45) is 6.65. The van der Waals surface area contributed by atoms with Crippen LogP contribution in [0.3, 0.4) is 0 Å². The van der Waals surface area contributed by atoms with E-state index in [0.29, 0.717) is 31.8 Å². The molecule has 1 aromatic rings. The first-order valence-electron chi connectivity index (χ1n) is 11.5. The second-order valence-electron chi connectivity index (χ2n) is 9.76. The maximum absolute atomic E-state index is 13.2. The lowest BCUT2D eigenvalue weighted by molar-refractivity contribution is -0.00228. The summed E-state index contributed by atoms with van der Waals surface area (Å²) in [6, 6.07) is 1.81. The van der Waals surface area contributed by atoms with Crippen molar-refractivity contribution in [2.75, 3.05) is 19.0 Å². The normalized spacial score (nSPS) is 34.4. The number of amides is 1. The molecule has 0 aromatic carbocycles. The lowest BCUT2D eigenvalue weighted by Gasteiger charge is -2.39. The lowest BCUT2D eigenvalue weighted by atomic mass is 9.88. The molecular weight excluding hydrogens is 420 g/mol. The van der Waals surface area contributed by atoms with Gasteiger partial charge in [0, 0.05) is 30.2 Å². The number of piperidine rings is 1. The number of nitrogens with two attached hydrogens (primary N) is 1. The van der Waals surface area contributed by atoms with E-state index in [1.165, 1.54) is 0 Å². The monoisotopic (exact) mass is 452 g/mol. The Morgan fingerprint density at radius 3 is 2.42 bits per heavy atom. The molecule has 4 aliphatic rings. The van der Waals surface area contributed by atoms with Crippen LogP contribution in [0.5, 0.6) is 0 Å². The van der Waals surface area contributed by atoms with E-state index in [1.54, 1.807) is 10.4 Å². The van der Waals surface area contributed by atoms with Gasteiger partial charge in [0.15, 0.2) is 5.69 Å². The maximum atomic E-state index is 13.2. The number of nitrogens with zero attached hydrogens (tertiary/aromatic N) is 2. The van der Waals surface area contributed by atoms with Gasteiger partial charge in [-0.1, -0.05) is 5.16 Å². The Morgan fingerprint density at radius 1 is 1.13 bits per heavy atom. The standard InChI is InChI=1S/C21H32N4O5S/c22-15-3-1-13(2-4-15)12-31(27,28)25-17-5-6-18(25)8-16(7-17)23-21(26)19-9-20(30-24-19)14-10-29-11-14/h9,13-18H,1-8,10-12,22H2,(H,23,26)/t13?,15?,16?,17-,18+. The number of carbonyl (C=O) groups is 1. The van der Waals surface area contributed by atoms with E-state index in [1.807, 2.05) is 0 Å². The van der Waals surface area contributed by atoms with Crippen LogP contribution in [0.2, 0.25) is 0 Å². The number of hydrogen-bond donors (Lipinski definition) is 2. The van der Waals surface area contributed by atoms with E-state index in [9.17, 15) is 13.2 Å². The quantitative estimate of drug-likeness (QED) is 0.667. The molecule has 31 heavy (non-hydrogen) atoms. The first-order chi connectivity index (χ1) is 14.9. The Balaban J connectivity index is 1.18. The molecule has 1 saturated carbocycles. The van der Waals surface area contributed by atoms with Crippen LogP contribution in [0.25, 0.3) is 0 Å². The molecule has 5 rings (SSSR count). The number of sulfonamides is 1. The molecule has 10 heteroatoms. The predicted octanol–water partition coefficient (Wildman–Crippen LogP) is 1.36. The van der Waals surface area contributed by atoms with E-state index in [4.69, 9.17) is 15.0 Å². The molecule has 1 aromatic heterocycles. The van der Waals surface area contributed by atoms with Crippen molar-refractivity contribution in [3.8, 4) is 0 Å². The van der Waals surface area contributed by atoms with Crippen molar-refractivity contribution in [2.45, 2.75) is 81.5 Å². The third-order valence-electron chi connectivity index (χ3n) is 7.46. The average molecular weight is 453 g/mol. The van der Waals surface area contributed by atoms with Crippen molar-refractivity contribution in [1.82, 2.24) is 14.8 Å². The Hall–Kier alpha value is -1.49. The molecule has 0 spiro atoms. The number of nitrogens with one attached hydrogen (secondary N) is 1. The number of hydrogen-bond acceptors (Lipinski definition) is 7. The van der Waals surface area contributed by atoms with Gasteiger partial charge in [-0.05, 0) is 57.3 Å². The molecule has 172 valence electrons. The second-order valence-corrected chi connectivity index (χ2v) is 11.7. The summed E-state index contributed by atoms with van der Waals surface area (Å²) >= 11 is 0. The zero-order valence-corrected chi connectivity index (χ0v) is 18.6. The van der Waals surface area contributed by atoms with E-state index in [-0.39, 0.29) is 53.4 Å². The van der Waals surface area contributed by atoms with Gasteiger partial charge in [-0.25, -0.2) is 8.42 Å². The smallest absolute Gasteiger partial charge is 0.273 e. The highest BCUT2D eigenvalue weighted by atomic mass is 32.2. The minimum atomic E-state index is -3.30. The van der Waals surface area contributed by atoms with Crippen LogP contribution in [0.1, 0.15) is 73.5 Å². The predicted molar refractivity (Wildman–Crippen MR) is 113 cm³/mol. The van der Waals surface area contributed by atoms with Crippen LogP contribution in [-0.4, -0.2) is 66.9 Å². The third-order valence-corrected chi connectivity index (χ3v) is 9.59. The Morgan fingerprint density at radius 2 is 1.81 bits per heavy atom. The molecule has 2 bridgehead atoms. The maximum Gasteiger partial charge on any atom is 0.273 e. The van der Waals surface area contributed by atoms with Gasteiger partial charge in [-0.2, -0.15) is 4.31 Å². The van der Waals surface area contributed by atoms with Crippen LogP contribution in [0.4, 0.5) is 0 Å². The molecule has 3 N–H and O–H groups in total. The highest BCUT2D eigenvalue weighted by Crippen LogP contribution is 2.39. The first-order valence-corrected chi connectivity index (χ1v) is 13.1. The van der Waals surface area contributed by atoms with Crippen molar-refractivity contribution < 1.29 is 22.5 Å². The van der Waals surface area contributed by atoms with Crippen LogP contribution in [0, 0.1) is 5.92 Å². The zero-order valence-electron chi connectivity index (χ0n) is 17.7. The Kier molecular flexibility index (Phi) is 5.83. The summed E-state index contributed by atoms with van der Waals surface area (Å²) in [5, 5.41) is 6.96. The zero-order chi connectivity index (χ0) is 21.6. The molecule has 3 atom stereocenters. The van der Waals surface area contributed by atoms with Crippen LogP contribution < -0.4 is 11.1 Å². The molecule has 0 radical (unpaired) electrons. The second kappa shape index (κ2) is 8.46. The highest BCUT2D eigenvalue weighted by Gasteiger charge is 2.47. The van der Waals surface area contributed by atoms with Crippen molar-refractivity contribution in [1.29, 1.82) is 0 Å². The largest absolute Gasteiger partial charge is 0.380 e. The fourth-order valence-corrected chi connectivity index (χ4v) is 8.09. The van der Waals surface area contributed by atoms with E-state index in [2.05, 4.69) is 10.5 Å². The van der Waals surface area contributed by atoms with Gasteiger partial charge in [-0.15, -0.1) is 0 Å². The number of fused-ring (bicyclic) bond motifs is 2. The summed E-state index contributed by atoms with van der Waals surface area (Å²) in [6.45, 7) is 1.19. The van der Waals surface area contributed by atoms with Crippen LogP contribution >= 0.6 is 0 Å². The minimum Gasteiger partial charge on any atom is -0.380 e. The topological polar surface area (TPSA) is 128 Å². The number of ether oxygens (including phenoxy) is 1. The van der Waals surface area contributed by atoms with Crippen molar-refractivity contribution in [3.63, 3.8) is 0 Å². The van der Waals surface area contributed by atoms with Gasteiger partial charge < -0.3 is 20.3 Å². The summed E-state index contributed by atoms with van der Waals surface area (Å²) < 4.78 is 38.7. The van der Waals surface area contributed by atoms with Crippen LogP contribution in [0.15, 0.2) is 10.6 Å². The average Bonchev–Trinajstić information content (AvgIpc) is 3.26. The number of rotatable bonds is 6. The summed E-state index contributed by atoms with van der Waals surface area (Å²) in [4.78, 5) is 12.6. The van der Waals surface area contributed by atoms with Gasteiger partial charge >= 0.3 is 0 Å². The molecule has 1 unspecified atom stereocenters. The molecule has 4 heterocycles.